The Hall–Kier alpha value is -1.03. The summed E-state index contributed by atoms with van der Waals surface area (Å²) >= 11 is 9.54. The molecule has 0 aromatic heterocycles. The second kappa shape index (κ2) is 6.61. The molecule has 0 aliphatic carbocycles. The fraction of sp³-hybridized carbons (Fsp3) is 0.250. The monoisotopic (exact) mass is 353 g/mol. The van der Waals surface area contributed by atoms with E-state index in [1.54, 1.807) is 7.11 Å². The molecule has 106 valence electrons. The Morgan fingerprint density at radius 1 is 1.20 bits per heavy atom. The van der Waals surface area contributed by atoms with Crippen molar-refractivity contribution in [3.05, 3.63) is 62.6 Å². The van der Waals surface area contributed by atoms with Gasteiger partial charge in [0.1, 0.15) is 5.75 Å². The number of aryl methyl sites for hydroxylation is 1. The number of hydrogen-bond donors (Lipinski definition) is 1. The van der Waals surface area contributed by atoms with E-state index in [2.05, 4.69) is 34.2 Å². The van der Waals surface area contributed by atoms with Crippen LogP contribution >= 0.6 is 27.5 Å². The molecule has 0 aliphatic rings. The average molecular weight is 355 g/mol. The molecule has 1 atom stereocenters. The number of benzene rings is 2. The summed E-state index contributed by atoms with van der Waals surface area (Å²) in [6, 6.07) is 12.2. The van der Waals surface area contributed by atoms with Gasteiger partial charge in [0.05, 0.1) is 18.2 Å². The Balaban J connectivity index is 2.43. The van der Waals surface area contributed by atoms with Crippen LogP contribution in [0, 0.1) is 6.92 Å². The third kappa shape index (κ3) is 3.17. The van der Waals surface area contributed by atoms with Gasteiger partial charge in [-0.3, -0.25) is 0 Å². The summed E-state index contributed by atoms with van der Waals surface area (Å²) in [5.74, 6) is 0.874. The van der Waals surface area contributed by atoms with Crippen LogP contribution in [0.1, 0.15) is 22.7 Å². The van der Waals surface area contributed by atoms with Gasteiger partial charge < -0.3 is 10.1 Å². The lowest BCUT2D eigenvalue weighted by atomic mass is 9.95. The molecule has 0 aliphatic heterocycles. The molecule has 0 saturated heterocycles. The fourth-order valence-electron chi connectivity index (χ4n) is 2.29. The second-order valence-corrected chi connectivity index (χ2v) is 5.88. The quantitative estimate of drug-likeness (QED) is 0.857. The zero-order valence-corrected chi connectivity index (χ0v) is 14.0. The van der Waals surface area contributed by atoms with E-state index >= 15 is 0 Å². The molecule has 0 radical (unpaired) electrons. The van der Waals surface area contributed by atoms with Crippen LogP contribution in [0.25, 0.3) is 0 Å². The molecule has 1 N–H and O–H groups in total. The topological polar surface area (TPSA) is 21.3 Å². The van der Waals surface area contributed by atoms with Crippen LogP contribution in [0.4, 0.5) is 0 Å². The van der Waals surface area contributed by atoms with Gasteiger partial charge in [-0.25, -0.2) is 0 Å². The van der Waals surface area contributed by atoms with E-state index in [0.717, 1.165) is 20.8 Å². The van der Waals surface area contributed by atoms with Crippen molar-refractivity contribution >= 4 is 27.5 Å². The smallest absolute Gasteiger partial charge is 0.119 e. The molecule has 0 saturated carbocycles. The first kappa shape index (κ1) is 15.4. The predicted molar refractivity (Wildman–Crippen MR) is 87.8 cm³/mol. The van der Waals surface area contributed by atoms with Crippen LogP contribution in [0.3, 0.4) is 0 Å². The highest BCUT2D eigenvalue weighted by Gasteiger charge is 2.15. The fourth-order valence-corrected chi connectivity index (χ4v) is 2.81. The minimum Gasteiger partial charge on any atom is -0.497 e. The molecule has 0 spiro atoms. The summed E-state index contributed by atoms with van der Waals surface area (Å²) in [5.41, 5.74) is 3.58. The van der Waals surface area contributed by atoms with Crippen LogP contribution in [0.15, 0.2) is 40.9 Å². The number of nitrogens with one attached hydrogen (secondary N) is 1. The van der Waals surface area contributed by atoms with Crippen molar-refractivity contribution in [1.29, 1.82) is 0 Å². The first-order chi connectivity index (χ1) is 9.56. The van der Waals surface area contributed by atoms with Gasteiger partial charge in [-0.1, -0.05) is 23.7 Å². The summed E-state index contributed by atoms with van der Waals surface area (Å²) in [5, 5.41) is 4.07. The van der Waals surface area contributed by atoms with Gasteiger partial charge in [0.2, 0.25) is 0 Å². The van der Waals surface area contributed by atoms with E-state index in [4.69, 9.17) is 16.3 Å². The van der Waals surface area contributed by atoms with Crippen molar-refractivity contribution in [2.75, 3.05) is 14.2 Å². The van der Waals surface area contributed by atoms with E-state index in [1.165, 1.54) is 11.1 Å². The van der Waals surface area contributed by atoms with Gasteiger partial charge in [-0.2, -0.15) is 0 Å². The summed E-state index contributed by atoms with van der Waals surface area (Å²) in [6.45, 7) is 2.09. The lowest BCUT2D eigenvalue weighted by molar-refractivity contribution is 0.414. The normalized spacial score (nSPS) is 12.2. The van der Waals surface area contributed by atoms with Crippen molar-refractivity contribution in [2.24, 2.45) is 0 Å². The summed E-state index contributed by atoms with van der Waals surface area (Å²) in [6.07, 6.45) is 0. The van der Waals surface area contributed by atoms with Crippen LogP contribution in [0.2, 0.25) is 5.02 Å². The zero-order valence-electron chi connectivity index (χ0n) is 11.7. The van der Waals surface area contributed by atoms with Crippen molar-refractivity contribution in [3.63, 3.8) is 0 Å². The highest BCUT2D eigenvalue weighted by molar-refractivity contribution is 9.10. The number of rotatable bonds is 4. The van der Waals surface area contributed by atoms with Crippen LogP contribution < -0.4 is 10.1 Å². The molecule has 2 rings (SSSR count). The molecule has 0 amide bonds. The van der Waals surface area contributed by atoms with Gasteiger partial charge in [-0.05, 0) is 70.9 Å². The molecule has 2 nitrogen and oxygen atoms in total. The minimum atomic E-state index is 0.120. The molecule has 20 heavy (non-hydrogen) atoms. The first-order valence-corrected chi connectivity index (χ1v) is 7.50. The zero-order chi connectivity index (χ0) is 14.7. The lowest BCUT2D eigenvalue weighted by Crippen LogP contribution is -2.18. The van der Waals surface area contributed by atoms with Gasteiger partial charge >= 0.3 is 0 Å². The molecule has 4 heteroatoms. The maximum Gasteiger partial charge on any atom is 0.119 e. The van der Waals surface area contributed by atoms with Crippen molar-refractivity contribution in [1.82, 2.24) is 5.32 Å². The predicted octanol–water partition coefficient (Wildman–Crippen LogP) is 4.73. The largest absolute Gasteiger partial charge is 0.497 e. The Morgan fingerprint density at radius 2 is 1.95 bits per heavy atom. The average Bonchev–Trinajstić information content (AvgIpc) is 2.45. The summed E-state index contributed by atoms with van der Waals surface area (Å²) < 4.78 is 6.16. The van der Waals surface area contributed by atoms with Crippen molar-refractivity contribution in [2.45, 2.75) is 13.0 Å². The van der Waals surface area contributed by atoms with Crippen LogP contribution in [-0.4, -0.2) is 14.2 Å². The number of hydrogen-bond acceptors (Lipinski definition) is 2. The minimum absolute atomic E-state index is 0.120. The van der Waals surface area contributed by atoms with E-state index in [-0.39, 0.29) is 6.04 Å². The van der Waals surface area contributed by atoms with E-state index in [1.807, 2.05) is 37.4 Å². The highest BCUT2D eigenvalue weighted by atomic mass is 79.9. The first-order valence-electron chi connectivity index (χ1n) is 6.33. The molecule has 0 heterocycles. The van der Waals surface area contributed by atoms with E-state index < -0.39 is 0 Å². The Kier molecular flexibility index (Phi) is 5.08. The number of ether oxygens (including phenoxy) is 1. The molecule has 0 fully saturated rings. The summed E-state index contributed by atoms with van der Waals surface area (Å²) in [7, 11) is 3.64. The third-order valence-corrected chi connectivity index (χ3v) is 4.57. The SMILES string of the molecule is CNC(c1ccc(Cl)c(Br)c1)c1ccc(OC)cc1C. The van der Waals surface area contributed by atoms with Gasteiger partial charge in [0, 0.05) is 4.47 Å². The molecule has 2 aromatic carbocycles. The molecule has 1 unspecified atom stereocenters. The Labute approximate surface area is 133 Å². The maximum atomic E-state index is 6.06. The van der Waals surface area contributed by atoms with Crippen molar-refractivity contribution < 1.29 is 4.74 Å². The lowest BCUT2D eigenvalue weighted by Gasteiger charge is -2.20. The number of methoxy groups -OCH3 is 1. The molecular weight excluding hydrogens is 338 g/mol. The van der Waals surface area contributed by atoms with E-state index in [0.29, 0.717) is 0 Å². The maximum absolute atomic E-state index is 6.06. The standard InChI is InChI=1S/C16H17BrClNO/c1-10-8-12(20-3)5-6-13(10)16(19-2)11-4-7-15(18)14(17)9-11/h4-9,16,19H,1-3H3. The van der Waals surface area contributed by atoms with E-state index in [9.17, 15) is 0 Å². The van der Waals surface area contributed by atoms with Crippen LogP contribution in [0.5, 0.6) is 5.75 Å². The number of halogens is 2. The van der Waals surface area contributed by atoms with Crippen molar-refractivity contribution in [3.8, 4) is 5.75 Å². The van der Waals surface area contributed by atoms with Gasteiger partial charge in [0.15, 0.2) is 0 Å². The second-order valence-electron chi connectivity index (χ2n) is 4.62. The molecule has 2 aromatic rings. The summed E-state index contributed by atoms with van der Waals surface area (Å²) in [4.78, 5) is 0. The Bertz CT molecular complexity index is 615. The van der Waals surface area contributed by atoms with Crippen LogP contribution in [-0.2, 0) is 0 Å². The third-order valence-electron chi connectivity index (χ3n) is 3.35. The molecule has 0 bridgehead atoms. The Morgan fingerprint density at radius 3 is 2.50 bits per heavy atom. The molecular formula is C16H17BrClNO. The van der Waals surface area contributed by atoms with Gasteiger partial charge in [-0.15, -0.1) is 0 Å². The highest BCUT2D eigenvalue weighted by Crippen LogP contribution is 2.31. The van der Waals surface area contributed by atoms with Gasteiger partial charge in [0.25, 0.3) is 0 Å².